The number of carbonyl (C=O) groups excluding carboxylic acids is 1. The Bertz CT molecular complexity index is 586. The van der Waals surface area contributed by atoms with Crippen LogP contribution in [0.25, 0.3) is 5.82 Å². The molecule has 0 saturated heterocycles. The number of nitrogens with one attached hydrogen (secondary N) is 1. The molecule has 0 spiro atoms. The van der Waals surface area contributed by atoms with Gasteiger partial charge in [-0.25, -0.2) is 4.98 Å². The molecular formula is C15H17N3O2. The third kappa shape index (κ3) is 2.58. The lowest BCUT2D eigenvalue weighted by Crippen LogP contribution is -2.47. The molecule has 0 aromatic carbocycles. The fraction of sp³-hybridized carbons (Fsp3) is 0.333. The first kappa shape index (κ1) is 12.9. The number of carbonyl (C=O) groups is 1. The van der Waals surface area contributed by atoms with Crippen LogP contribution in [0.4, 0.5) is 0 Å². The lowest BCUT2D eigenvalue weighted by molar-refractivity contribution is -0.0300. The number of aliphatic hydroxyl groups is 1. The summed E-state index contributed by atoms with van der Waals surface area (Å²) in [5.41, 5.74) is -0.197. The molecule has 0 aliphatic heterocycles. The van der Waals surface area contributed by atoms with Crippen molar-refractivity contribution in [2.24, 2.45) is 0 Å². The van der Waals surface area contributed by atoms with E-state index in [1.165, 1.54) is 0 Å². The quantitative estimate of drug-likeness (QED) is 0.886. The fourth-order valence-corrected chi connectivity index (χ4v) is 2.27. The van der Waals surface area contributed by atoms with Crippen molar-refractivity contribution in [1.29, 1.82) is 0 Å². The zero-order valence-corrected chi connectivity index (χ0v) is 11.1. The van der Waals surface area contributed by atoms with Gasteiger partial charge in [0.2, 0.25) is 0 Å². The van der Waals surface area contributed by atoms with Crippen molar-refractivity contribution in [1.82, 2.24) is 14.9 Å². The molecule has 1 amide bonds. The molecule has 0 bridgehead atoms. The molecule has 3 rings (SSSR count). The van der Waals surface area contributed by atoms with Crippen LogP contribution < -0.4 is 5.32 Å². The summed E-state index contributed by atoms with van der Waals surface area (Å²) in [4.78, 5) is 16.2. The Morgan fingerprint density at radius 3 is 2.65 bits per heavy atom. The second-order valence-electron chi connectivity index (χ2n) is 5.26. The Balaban J connectivity index is 1.63. The average molecular weight is 271 g/mol. The Morgan fingerprint density at radius 1 is 1.35 bits per heavy atom. The van der Waals surface area contributed by atoms with Crippen molar-refractivity contribution in [3.8, 4) is 5.82 Å². The van der Waals surface area contributed by atoms with Crippen LogP contribution in [-0.4, -0.2) is 32.7 Å². The van der Waals surface area contributed by atoms with Gasteiger partial charge in [-0.3, -0.25) is 4.79 Å². The van der Waals surface area contributed by atoms with E-state index in [0.717, 1.165) is 25.1 Å². The molecule has 2 aromatic rings. The predicted molar refractivity (Wildman–Crippen MR) is 74.7 cm³/mol. The molecule has 1 fully saturated rings. The van der Waals surface area contributed by atoms with E-state index in [1.54, 1.807) is 18.3 Å². The van der Waals surface area contributed by atoms with Gasteiger partial charge in [0, 0.05) is 25.1 Å². The molecule has 1 aliphatic carbocycles. The van der Waals surface area contributed by atoms with E-state index in [1.807, 2.05) is 29.1 Å². The minimum Gasteiger partial charge on any atom is -0.388 e. The lowest BCUT2D eigenvalue weighted by atomic mass is 9.80. The first-order valence-electron chi connectivity index (χ1n) is 6.76. The molecule has 2 heterocycles. The SMILES string of the molecule is O=C(NCC1(O)CCC1)c1ccc(-n2cccc2)nc1. The Hall–Kier alpha value is -2.14. The summed E-state index contributed by atoms with van der Waals surface area (Å²) in [5.74, 6) is 0.570. The molecule has 1 saturated carbocycles. The zero-order valence-electron chi connectivity index (χ0n) is 11.1. The van der Waals surface area contributed by atoms with Crippen LogP contribution in [-0.2, 0) is 0 Å². The fourth-order valence-electron chi connectivity index (χ4n) is 2.27. The van der Waals surface area contributed by atoms with Gasteiger partial charge in [-0.1, -0.05) is 0 Å². The second kappa shape index (κ2) is 5.09. The molecule has 0 atom stereocenters. The number of amides is 1. The summed E-state index contributed by atoms with van der Waals surface area (Å²) in [7, 11) is 0. The summed E-state index contributed by atoms with van der Waals surface area (Å²) in [6, 6.07) is 7.37. The zero-order chi connectivity index (χ0) is 14.0. The van der Waals surface area contributed by atoms with Crippen molar-refractivity contribution in [2.75, 3.05) is 6.54 Å². The number of pyridine rings is 1. The van der Waals surface area contributed by atoms with Gasteiger partial charge in [-0.05, 0) is 43.5 Å². The van der Waals surface area contributed by atoms with Gasteiger partial charge in [0.25, 0.3) is 5.91 Å². The maximum absolute atomic E-state index is 12.0. The number of rotatable bonds is 4. The maximum Gasteiger partial charge on any atom is 0.252 e. The van der Waals surface area contributed by atoms with Crippen LogP contribution in [0.5, 0.6) is 0 Å². The summed E-state index contributed by atoms with van der Waals surface area (Å²) >= 11 is 0. The van der Waals surface area contributed by atoms with Gasteiger partial charge in [0.15, 0.2) is 0 Å². The van der Waals surface area contributed by atoms with Gasteiger partial charge >= 0.3 is 0 Å². The molecule has 5 heteroatoms. The largest absolute Gasteiger partial charge is 0.388 e. The molecule has 1 aliphatic rings. The topological polar surface area (TPSA) is 67.2 Å². The standard InChI is InChI=1S/C15H17N3O2/c19-14(17-11-15(20)6-3-7-15)12-4-5-13(16-10-12)18-8-1-2-9-18/h1-2,4-5,8-10,20H,3,6-7,11H2,(H,17,19). The van der Waals surface area contributed by atoms with E-state index in [0.29, 0.717) is 12.1 Å². The Kier molecular flexibility index (Phi) is 3.28. The number of nitrogens with zero attached hydrogens (tertiary/aromatic N) is 2. The molecule has 104 valence electrons. The highest BCUT2D eigenvalue weighted by molar-refractivity contribution is 5.94. The minimum atomic E-state index is -0.700. The maximum atomic E-state index is 12.0. The van der Waals surface area contributed by atoms with Crippen LogP contribution in [0, 0.1) is 0 Å². The van der Waals surface area contributed by atoms with Crippen molar-refractivity contribution >= 4 is 5.91 Å². The highest BCUT2D eigenvalue weighted by atomic mass is 16.3. The molecule has 5 nitrogen and oxygen atoms in total. The first-order valence-corrected chi connectivity index (χ1v) is 6.76. The van der Waals surface area contributed by atoms with Gasteiger partial charge in [-0.15, -0.1) is 0 Å². The number of hydrogen-bond donors (Lipinski definition) is 2. The van der Waals surface area contributed by atoms with Gasteiger partial charge in [-0.2, -0.15) is 0 Å². The third-order valence-corrected chi connectivity index (χ3v) is 3.74. The monoisotopic (exact) mass is 271 g/mol. The van der Waals surface area contributed by atoms with Crippen LogP contribution in [0.1, 0.15) is 29.6 Å². The molecular weight excluding hydrogens is 254 g/mol. The highest BCUT2D eigenvalue weighted by Gasteiger charge is 2.34. The molecule has 2 aromatic heterocycles. The smallest absolute Gasteiger partial charge is 0.252 e. The second-order valence-corrected chi connectivity index (χ2v) is 5.26. The van der Waals surface area contributed by atoms with Crippen LogP contribution in [0.3, 0.4) is 0 Å². The summed E-state index contributed by atoms with van der Waals surface area (Å²) in [6.45, 7) is 0.311. The minimum absolute atomic E-state index is 0.197. The van der Waals surface area contributed by atoms with E-state index in [2.05, 4.69) is 10.3 Å². The van der Waals surface area contributed by atoms with Crippen molar-refractivity contribution in [2.45, 2.75) is 24.9 Å². The normalized spacial score (nSPS) is 16.4. The van der Waals surface area contributed by atoms with E-state index < -0.39 is 5.60 Å². The van der Waals surface area contributed by atoms with Crippen LogP contribution in [0.2, 0.25) is 0 Å². The van der Waals surface area contributed by atoms with E-state index in [4.69, 9.17) is 0 Å². The summed E-state index contributed by atoms with van der Waals surface area (Å²) in [6.07, 6.45) is 7.90. The number of hydrogen-bond acceptors (Lipinski definition) is 3. The molecule has 0 radical (unpaired) electrons. The van der Waals surface area contributed by atoms with Crippen molar-refractivity contribution < 1.29 is 9.90 Å². The van der Waals surface area contributed by atoms with E-state index >= 15 is 0 Å². The summed E-state index contributed by atoms with van der Waals surface area (Å²) < 4.78 is 1.87. The van der Waals surface area contributed by atoms with Gasteiger partial charge in [0.05, 0.1) is 11.2 Å². The van der Waals surface area contributed by atoms with E-state index in [-0.39, 0.29) is 5.91 Å². The first-order chi connectivity index (χ1) is 9.66. The van der Waals surface area contributed by atoms with Gasteiger partial charge < -0.3 is 15.0 Å². The number of aromatic nitrogens is 2. The molecule has 0 unspecified atom stereocenters. The molecule has 20 heavy (non-hydrogen) atoms. The van der Waals surface area contributed by atoms with Crippen LogP contribution >= 0.6 is 0 Å². The van der Waals surface area contributed by atoms with Crippen molar-refractivity contribution in [3.05, 3.63) is 48.4 Å². The summed E-state index contributed by atoms with van der Waals surface area (Å²) in [5, 5.41) is 12.7. The van der Waals surface area contributed by atoms with Crippen molar-refractivity contribution in [3.63, 3.8) is 0 Å². The predicted octanol–water partition coefficient (Wildman–Crippen LogP) is 1.52. The Labute approximate surface area is 117 Å². The molecule has 2 N–H and O–H groups in total. The van der Waals surface area contributed by atoms with E-state index in [9.17, 15) is 9.90 Å². The van der Waals surface area contributed by atoms with Gasteiger partial charge in [0.1, 0.15) is 5.82 Å². The lowest BCUT2D eigenvalue weighted by Gasteiger charge is -2.36. The average Bonchev–Trinajstić information content (AvgIpc) is 2.97. The highest BCUT2D eigenvalue weighted by Crippen LogP contribution is 2.30. The third-order valence-electron chi connectivity index (χ3n) is 3.74. The Morgan fingerprint density at radius 2 is 2.10 bits per heavy atom. The van der Waals surface area contributed by atoms with Crippen LogP contribution in [0.15, 0.2) is 42.9 Å².